The predicted octanol–water partition coefficient (Wildman–Crippen LogP) is 3.35. The molecule has 4 heteroatoms. The van der Waals surface area contributed by atoms with Crippen molar-refractivity contribution in [1.29, 1.82) is 0 Å². The second kappa shape index (κ2) is 6.21. The fourth-order valence-corrected chi connectivity index (χ4v) is 2.26. The van der Waals surface area contributed by atoms with Crippen molar-refractivity contribution in [3.63, 3.8) is 0 Å². The third-order valence-corrected chi connectivity index (χ3v) is 4.00. The van der Waals surface area contributed by atoms with Crippen LogP contribution >= 0.6 is 11.6 Å². The molecule has 100 valence electrons. The third kappa shape index (κ3) is 2.85. The highest BCUT2D eigenvalue weighted by Gasteiger charge is 2.33. The monoisotopic (exact) mass is 268 g/mol. The Bertz CT molecular complexity index is 399. The van der Waals surface area contributed by atoms with Crippen molar-refractivity contribution >= 4 is 23.2 Å². The lowest BCUT2D eigenvalue weighted by atomic mass is 9.81. The molecule has 0 spiro atoms. The summed E-state index contributed by atoms with van der Waals surface area (Å²) in [6, 6.07) is 5.55. The summed E-state index contributed by atoms with van der Waals surface area (Å²) in [4.78, 5) is 12.4. The summed E-state index contributed by atoms with van der Waals surface area (Å²) in [5, 5.41) is 3.48. The average molecular weight is 269 g/mol. The van der Waals surface area contributed by atoms with E-state index in [0.29, 0.717) is 17.3 Å². The number of carbonyl (C=O) groups is 1. The van der Waals surface area contributed by atoms with Gasteiger partial charge in [-0.25, -0.2) is 0 Å². The second-order valence-electron chi connectivity index (χ2n) is 4.58. The molecule has 0 atom stereocenters. The molecule has 1 aromatic rings. The summed E-state index contributed by atoms with van der Waals surface area (Å²) < 4.78 is 0. The first-order valence-corrected chi connectivity index (χ1v) is 6.65. The van der Waals surface area contributed by atoms with Crippen LogP contribution in [-0.4, -0.2) is 12.5 Å². The largest absolute Gasteiger partial charge is 0.329 e. The number of hydrogen-bond donors (Lipinski definition) is 2. The number of aryl methyl sites for hydroxylation is 1. The summed E-state index contributed by atoms with van der Waals surface area (Å²) in [5.41, 5.74) is 6.89. The molecule has 0 aliphatic heterocycles. The maximum atomic E-state index is 12.4. The van der Waals surface area contributed by atoms with Crippen LogP contribution < -0.4 is 11.1 Å². The quantitative estimate of drug-likeness (QED) is 0.860. The Labute approximate surface area is 114 Å². The Morgan fingerprint density at radius 3 is 2.44 bits per heavy atom. The number of rotatable bonds is 5. The molecular formula is C14H21ClN2O. The van der Waals surface area contributed by atoms with E-state index in [1.54, 1.807) is 6.07 Å². The summed E-state index contributed by atoms with van der Waals surface area (Å²) in [5.74, 6) is -0.0498. The molecule has 0 aliphatic rings. The predicted molar refractivity (Wildman–Crippen MR) is 76.9 cm³/mol. The van der Waals surface area contributed by atoms with Crippen molar-refractivity contribution in [3.8, 4) is 0 Å². The van der Waals surface area contributed by atoms with E-state index in [2.05, 4.69) is 5.32 Å². The molecule has 3 N–H and O–H groups in total. The van der Waals surface area contributed by atoms with Gasteiger partial charge in [-0.15, -0.1) is 0 Å². The fraction of sp³-hybridized carbons (Fsp3) is 0.500. The highest BCUT2D eigenvalue weighted by Crippen LogP contribution is 2.30. The van der Waals surface area contributed by atoms with Crippen LogP contribution in [0.5, 0.6) is 0 Å². The maximum absolute atomic E-state index is 12.4. The van der Waals surface area contributed by atoms with Gasteiger partial charge in [-0.3, -0.25) is 4.79 Å². The standard InChI is InChI=1S/C14H21ClN2O/c1-4-14(5-2,9-16)13(18)17-12-10(3)7-6-8-11(12)15/h6-8H,4-5,9,16H2,1-3H3,(H,17,18). The minimum atomic E-state index is -0.508. The van der Waals surface area contributed by atoms with Crippen molar-refractivity contribution in [2.75, 3.05) is 11.9 Å². The zero-order chi connectivity index (χ0) is 13.8. The average Bonchev–Trinajstić information content (AvgIpc) is 2.37. The summed E-state index contributed by atoms with van der Waals surface area (Å²) in [7, 11) is 0. The van der Waals surface area contributed by atoms with Crippen LogP contribution in [-0.2, 0) is 4.79 Å². The van der Waals surface area contributed by atoms with Gasteiger partial charge in [-0.2, -0.15) is 0 Å². The van der Waals surface area contributed by atoms with E-state index in [0.717, 1.165) is 18.4 Å². The van der Waals surface area contributed by atoms with E-state index >= 15 is 0 Å². The Balaban J connectivity index is 3.00. The van der Waals surface area contributed by atoms with Crippen molar-refractivity contribution in [2.45, 2.75) is 33.6 Å². The van der Waals surface area contributed by atoms with Crippen molar-refractivity contribution in [3.05, 3.63) is 28.8 Å². The summed E-state index contributed by atoms with van der Waals surface area (Å²) >= 11 is 6.11. The van der Waals surface area contributed by atoms with Crippen molar-refractivity contribution in [1.82, 2.24) is 0 Å². The molecule has 0 fully saturated rings. The maximum Gasteiger partial charge on any atom is 0.231 e. The summed E-state index contributed by atoms with van der Waals surface area (Å²) in [6.45, 7) is 6.23. The van der Waals surface area contributed by atoms with Crippen LogP contribution in [0.4, 0.5) is 5.69 Å². The first-order chi connectivity index (χ1) is 8.50. The molecule has 0 radical (unpaired) electrons. The first kappa shape index (κ1) is 15.0. The van der Waals surface area contributed by atoms with Crippen LogP contribution in [0.15, 0.2) is 18.2 Å². The molecule has 1 rings (SSSR count). The molecule has 0 saturated carbocycles. The Kier molecular flexibility index (Phi) is 5.17. The highest BCUT2D eigenvalue weighted by atomic mass is 35.5. The molecule has 0 aliphatic carbocycles. The van der Waals surface area contributed by atoms with E-state index in [1.807, 2.05) is 32.9 Å². The highest BCUT2D eigenvalue weighted by molar-refractivity contribution is 6.34. The number of amides is 1. The molecule has 18 heavy (non-hydrogen) atoms. The van der Waals surface area contributed by atoms with Gasteiger partial charge in [-0.1, -0.05) is 37.6 Å². The van der Waals surface area contributed by atoms with Gasteiger partial charge in [0.05, 0.1) is 16.1 Å². The smallest absolute Gasteiger partial charge is 0.231 e. The molecule has 0 aromatic heterocycles. The number of halogens is 1. The summed E-state index contributed by atoms with van der Waals surface area (Å²) in [6.07, 6.45) is 1.44. The molecule has 3 nitrogen and oxygen atoms in total. The van der Waals surface area contributed by atoms with Crippen LogP contribution in [0.1, 0.15) is 32.3 Å². The van der Waals surface area contributed by atoms with Gasteiger partial charge >= 0.3 is 0 Å². The molecule has 0 unspecified atom stereocenters. The lowest BCUT2D eigenvalue weighted by molar-refractivity contribution is -0.125. The zero-order valence-corrected chi connectivity index (χ0v) is 12.0. The minimum Gasteiger partial charge on any atom is -0.329 e. The number of carbonyl (C=O) groups excluding carboxylic acids is 1. The topological polar surface area (TPSA) is 55.1 Å². The lowest BCUT2D eigenvalue weighted by Gasteiger charge is -2.29. The van der Waals surface area contributed by atoms with E-state index in [9.17, 15) is 4.79 Å². The van der Waals surface area contributed by atoms with Gasteiger partial charge < -0.3 is 11.1 Å². The van der Waals surface area contributed by atoms with E-state index in [1.165, 1.54) is 0 Å². The van der Waals surface area contributed by atoms with E-state index < -0.39 is 5.41 Å². The van der Waals surface area contributed by atoms with Gasteiger partial charge in [0, 0.05) is 6.54 Å². The Morgan fingerprint density at radius 1 is 1.39 bits per heavy atom. The molecule has 1 aromatic carbocycles. The number of benzene rings is 1. The zero-order valence-electron chi connectivity index (χ0n) is 11.2. The Morgan fingerprint density at radius 2 is 2.00 bits per heavy atom. The van der Waals surface area contributed by atoms with Crippen molar-refractivity contribution in [2.24, 2.45) is 11.1 Å². The first-order valence-electron chi connectivity index (χ1n) is 6.27. The number of para-hydroxylation sites is 1. The van der Waals surface area contributed by atoms with Gasteiger partial charge in [-0.05, 0) is 31.4 Å². The fourth-order valence-electron chi connectivity index (χ4n) is 1.99. The van der Waals surface area contributed by atoms with Crippen LogP contribution in [0.2, 0.25) is 5.02 Å². The molecule has 0 saturated heterocycles. The van der Waals surface area contributed by atoms with Gasteiger partial charge in [0.2, 0.25) is 5.91 Å². The van der Waals surface area contributed by atoms with Crippen LogP contribution in [0.3, 0.4) is 0 Å². The number of anilines is 1. The van der Waals surface area contributed by atoms with Gasteiger partial charge in [0.25, 0.3) is 0 Å². The lowest BCUT2D eigenvalue weighted by Crippen LogP contribution is -2.41. The van der Waals surface area contributed by atoms with Crippen LogP contribution in [0, 0.1) is 12.3 Å². The van der Waals surface area contributed by atoms with Gasteiger partial charge in [0.1, 0.15) is 0 Å². The number of nitrogens with one attached hydrogen (secondary N) is 1. The third-order valence-electron chi connectivity index (χ3n) is 3.69. The SMILES string of the molecule is CCC(CC)(CN)C(=O)Nc1c(C)cccc1Cl. The molecule has 0 heterocycles. The molecule has 0 bridgehead atoms. The minimum absolute atomic E-state index is 0.0498. The Hall–Kier alpha value is -1.06. The van der Waals surface area contributed by atoms with Crippen LogP contribution in [0.25, 0.3) is 0 Å². The number of hydrogen-bond acceptors (Lipinski definition) is 2. The molecule has 1 amide bonds. The molecular weight excluding hydrogens is 248 g/mol. The normalized spacial score (nSPS) is 11.4. The number of nitrogens with two attached hydrogens (primary N) is 1. The van der Waals surface area contributed by atoms with E-state index in [-0.39, 0.29) is 5.91 Å². The second-order valence-corrected chi connectivity index (χ2v) is 4.98. The van der Waals surface area contributed by atoms with Crippen molar-refractivity contribution < 1.29 is 4.79 Å². The van der Waals surface area contributed by atoms with Gasteiger partial charge in [0.15, 0.2) is 0 Å². The van der Waals surface area contributed by atoms with E-state index in [4.69, 9.17) is 17.3 Å².